The van der Waals surface area contributed by atoms with Gasteiger partial charge in [-0.2, -0.15) is 5.10 Å². The first-order valence-electron chi connectivity index (χ1n) is 4.23. The summed E-state index contributed by atoms with van der Waals surface area (Å²) >= 11 is 0. The average Bonchev–Trinajstić information content (AvgIpc) is 2.35. The lowest BCUT2D eigenvalue weighted by molar-refractivity contribution is 0.195. The second-order valence-corrected chi connectivity index (χ2v) is 3.98. The molecule has 0 fully saturated rings. The minimum absolute atomic E-state index is 0.0735. The van der Waals surface area contributed by atoms with Crippen LogP contribution in [0, 0.1) is 5.92 Å². The molecule has 1 rings (SSSR count). The van der Waals surface area contributed by atoms with E-state index < -0.39 is 0 Å². The van der Waals surface area contributed by atoms with Crippen molar-refractivity contribution in [1.29, 1.82) is 0 Å². The summed E-state index contributed by atoms with van der Waals surface area (Å²) in [5.74, 6) is 1.41. The zero-order valence-electron chi connectivity index (χ0n) is 8.26. The summed E-state index contributed by atoms with van der Waals surface area (Å²) in [5, 5.41) is 3.95. The highest BCUT2D eigenvalue weighted by Crippen LogP contribution is 2.26. The Morgan fingerprint density at radius 3 is 2.50 bits per heavy atom. The molecule has 0 aromatic heterocycles. The molecule has 0 aromatic rings. The summed E-state index contributed by atoms with van der Waals surface area (Å²) in [5.41, 5.74) is 2.90. The van der Waals surface area contributed by atoms with E-state index in [1.165, 1.54) is 0 Å². The second-order valence-electron chi connectivity index (χ2n) is 3.98. The second kappa shape index (κ2) is 2.81. The van der Waals surface area contributed by atoms with E-state index in [2.05, 4.69) is 49.7 Å². The van der Waals surface area contributed by atoms with E-state index in [1.807, 2.05) is 0 Å². The molecule has 68 valence electrons. The standard InChI is InChI=1S/C9H17N3/c1-7(2)9(4,5)12-6-10-11-8(12)3/h6-7,11H,3H2,1-2,4-5H3. The van der Waals surface area contributed by atoms with Crippen LogP contribution in [0.3, 0.4) is 0 Å². The Bertz CT molecular complexity index is 216. The topological polar surface area (TPSA) is 27.6 Å². The molecule has 0 aliphatic carbocycles. The lowest BCUT2D eigenvalue weighted by Crippen LogP contribution is -2.45. The van der Waals surface area contributed by atoms with E-state index in [0.717, 1.165) is 5.82 Å². The summed E-state index contributed by atoms with van der Waals surface area (Å²) in [6, 6.07) is 0. The SMILES string of the molecule is C=C1NN=CN1C(C)(C)C(C)C. The highest BCUT2D eigenvalue weighted by atomic mass is 15.5. The molecular weight excluding hydrogens is 150 g/mol. The van der Waals surface area contributed by atoms with Gasteiger partial charge in [-0.3, -0.25) is 5.43 Å². The van der Waals surface area contributed by atoms with E-state index in [4.69, 9.17) is 0 Å². The van der Waals surface area contributed by atoms with Gasteiger partial charge in [0.15, 0.2) is 0 Å². The number of hydrogen-bond acceptors (Lipinski definition) is 3. The Morgan fingerprint density at radius 1 is 1.58 bits per heavy atom. The normalized spacial score (nSPS) is 17.4. The first-order valence-corrected chi connectivity index (χ1v) is 4.23. The third-order valence-electron chi connectivity index (χ3n) is 2.69. The van der Waals surface area contributed by atoms with Crippen LogP contribution in [-0.4, -0.2) is 16.8 Å². The molecule has 1 N–H and O–H groups in total. The van der Waals surface area contributed by atoms with E-state index in [-0.39, 0.29) is 5.54 Å². The van der Waals surface area contributed by atoms with Crippen LogP contribution in [0.4, 0.5) is 0 Å². The minimum Gasteiger partial charge on any atom is -0.311 e. The molecule has 1 aliphatic rings. The minimum atomic E-state index is 0.0735. The van der Waals surface area contributed by atoms with Crippen molar-refractivity contribution in [3.8, 4) is 0 Å². The van der Waals surface area contributed by atoms with Gasteiger partial charge in [0.25, 0.3) is 0 Å². The molecule has 0 aromatic carbocycles. The van der Waals surface area contributed by atoms with Crippen LogP contribution in [-0.2, 0) is 0 Å². The van der Waals surface area contributed by atoms with Gasteiger partial charge in [-0.25, -0.2) is 0 Å². The molecule has 0 saturated heterocycles. The van der Waals surface area contributed by atoms with Crippen LogP contribution in [0.25, 0.3) is 0 Å². The van der Waals surface area contributed by atoms with Gasteiger partial charge in [0, 0.05) is 5.54 Å². The Morgan fingerprint density at radius 2 is 2.17 bits per heavy atom. The largest absolute Gasteiger partial charge is 0.311 e. The highest BCUT2D eigenvalue weighted by Gasteiger charge is 2.31. The van der Waals surface area contributed by atoms with Gasteiger partial charge in [-0.1, -0.05) is 20.4 Å². The quantitative estimate of drug-likeness (QED) is 0.678. The maximum atomic E-state index is 3.95. The van der Waals surface area contributed by atoms with Crippen LogP contribution >= 0.6 is 0 Å². The third-order valence-corrected chi connectivity index (χ3v) is 2.69. The molecule has 0 spiro atoms. The molecule has 3 nitrogen and oxygen atoms in total. The molecule has 0 radical (unpaired) electrons. The lowest BCUT2D eigenvalue weighted by atomic mass is 9.89. The first kappa shape index (κ1) is 9.10. The van der Waals surface area contributed by atoms with Crippen molar-refractivity contribution in [1.82, 2.24) is 10.3 Å². The smallest absolute Gasteiger partial charge is 0.120 e. The molecule has 0 bridgehead atoms. The molecule has 0 saturated carbocycles. The van der Waals surface area contributed by atoms with Gasteiger partial charge >= 0.3 is 0 Å². The molecule has 0 amide bonds. The fourth-order valence-corrected chi connectivity index (χ4v) is 1.06. The molecular formula is C9H17N3. The maximum Gasteiger partial charge on any atom is 0.120 e. The van der Waals surface area contributed by atoms with Gasteiger partial charge in [0.05, 0.1) is 0 Å². The molecule has 1 heterocycles. The summed E-state index contributed by atoms with van der Waals surface area (Å²) < 4.78 is 0. The van der Waals surface area contributed by atoms with Crippen LogP contribution < -0.4 is 5.43 Å². The summed E-state index contributed by atoms with van der Waals surface area (Å²) in [6.45, 7) is 12.6. The Balaban J connectivity index is 2.81. The van der Waals surface area contributed by atoms with Gasteiger partial charge < -0.3 is 4.90 Å². The first-order chi connectivity index (χ1) is 5.46. The van der Waals surface area contributed by atoms with Crippen molar-refractivity contribution in [2.45, 2.75) is 33.2 Å². The number of rotatable bonds is 2. The Hall–Kier alpha value is -0.990. The molecule has 3 heteroatoms. The van der Waals surface area contributed by atoms with Gasteiger partial charge in [-0.05, 0) is 19.8 Å². The van der Waals surface area contributed by atoms with Crippen LogP contribution in [0.2, 0.25) is 0 Å². The van der Waals surface area contributed by atoms with Crippen molar-refractivity contribution in [3.63, 3.8) is 0 Å². The predicted molar refractivity (Wildman–Crippen MR) is 51.5 cm³/mol. The predicted octanol–water partition coefficient (Wildman–Crippen LogP) is 1.74. The third kappa shape index (κ3) is 1.31. The van der Waals surface area contributed by atoms with E-state index in [0.29, 0.717) is 5.92 Å². The Labute approximate surface area is 74.1 Å². The zero-order chi connectivity index (χ0) is 9.35. The number of hydrogen-bond donors (Lipinski definition) is 1. The molecule has 0 atom stereocenters. The van der Waals surface area contributed by atoms with E-state index in [9.17, 15) is 0 Å². The summed E-state index contributed by atoms with van der Waals surface area (Å²) in [4.78, 5) is 2.07. The van der Waals surface area contributed by atoms with E-state index in [1.54, 1.807) is 6.34 Å². The number of nitrogens with one attached hydrogen (secondary N) is 1. The Kier molecular flexibility index (Phi) is 2.13. The monoisotopic (exact) mass is 167 g/mol. The maximum absolute atomic E-state index is 3.95. The van der Waals surface area contributed by atoms with Crippen LogP contribution in [0.1, 0.15) is 27.7 Å². The zero-order valence-corrected chi connectivity index (χ0v) is 8.26. The van der Waals surface area contributed by atoms with Gasteiger partial charge in [-0.15, -0.1) is 0 Å². The van der Waals surface area contributed by atoms with Crippen molar-refractivity contribution in [3.05, 3.63) is 12.4 Å². The number of nitrogens with zero attached hydrogens (tertiary/aromatic N) is 2. The van der Waals surface area contributed by atoms with Crippen molar-refractivity contribution in [2.75, 3.05) is 0 Å². The summed E-state index contributed by atoms with van der Waals surface area (Å²) in [7, 11) is 0. The molecule has 1 aliphatic heterocycles. The van der Waals surface area contributed by atoms with Crippen molar-refractivity contribution < 1.29 is 0 Å². The fraction of sp³-hybridized carbons (Fsp3) is 0.667. The molecule has 0 unspecified atom stereocenters. The van der Waals surface area contributed by atoms with Crippen LogP contribution in [0.15, 0.2) is 17.5 Å². The average molecular weight is 167 g/mol. The van der Waals surface area contributed by atoms with E-state index >= 15 is 0 Å². The number of hydrazone groups is 1. The highest BCUT2D eigenvalue weighted by molar-refractivity contribution is 5.61. The van der Waals surface area contributed by atoms with Gasteiger partial charge in [0.1, 0.15) is 12.2 Å². The lowest BCUT2D eigenvalue weighted by Gasteiger charge is -2.38. The van der Waals surface area contributed by atoms with Crippen LogP contribution in [0.5, 0.6) is 0 Å². The van der Waals surface area contributed by atoms with Crippen molar-refractivity contribution in [2.24, 2.45) is 11.0 Å². The molecule has 12 heavy (non-hydrogen) atoms. The fourth-order valence-electron chi connectivity index (χ4n) is 1.06. The summed E-state index contributed by atoms with van der Waals surface area (Å²) in [6.07, 6.45) is 1.79. The van der Waals surface area contributed by atoms with Crippen molar-refractivity contribution >= 4 is 6.34 Å². The van der Waals surface area contributed by atoms with Gasteiger partial charge in [0.2, 0.25) is 0 Å².